The molecule has 0 spiro atoms. The first-order valence-electron chi connectivity index (χ1n) is 4.80. The topological polar surface area (TPSA) is 97.4 Å². The van der Waals surface area contributed by atoms with Crippen LogP contribution in [0.1, 0.15) is 5.56 Å². The van der Waals surface area contributed by atoms with Crippen LogP contribution in [0.2, 0.25) is 5.02 Å². The molecule has 1 aromatic carbocycles. The van der Waals surface area contributed by atoms with Gasteiger partial charge in [0.25, 0.3) is 0 Å². The summed E-state index contributed by atoms with van der Waals surface area (Å²) in [5.41, 5.74) is 5.77. The van der Waals surface area contributed by atoms with Gasteiger partial charge in [-0.25, -0.2) is 0 Å². The Balaban J connectivity index is 3.36. The van der Waals surface area contributed by atoms with Gasteiger partial charge in [0.1, 0.15) is 18.2 Å². The van der Waals surface area contributed by atoms with E-state index in [0.29, 0.717) is 10.6 Å². The summed E-state index contributed by atoms with van der Waals surface area (Å²) in [4.78, 5) is 0. The van der Waals surface area contributed by atoms with Crippen LogP contribution < -0.4 is 5.73 Å². The zero-order valence-corrected chi connectivity index (χ0v) is 9.94. The van der Waals surface area contributed by atoms with Crippen molar-refractivity contribution in [3.8, 4) is 18.2 Å². The van der Waals surface area contributed by atoms with Gasteiger partial charge in [-0.3, -0.25) is 0 Å². The summed E-state index contributed by atoms with van der Waals surface area (Å²) in [6.45, 7) is 0. The SMILES string of the molecule is N#CC(=Cc1ccccc1Cl)C(N)=C(C#N)C#N. The quantitative estimate of drug-likeness (QED) is 0.647. The molecule has 0 aliphatic carbocycles. The molecule has 18 heavy (non-hydrogen) atoms. The van der Waals surface area contributed by atoms with Gasteiger partial charge in [0.2, 0.25) is 0 Å². The monoisotopic (exact) mass is 254 g/mol. The van der Waals surface area contributed by atoms with Gasteiger partial charge in [0, 0.05) is 5.02 Å². The van der Waals surface area contributed by atoms with E-state index in [1.807, 2.05) is 6.07 Å². The lowest BCUT2D eigenvalue weighted by Gasteiger charge is -2.01. The Morgan fingerprint density at radius 3 is 2.22 bits per heavy atom. The number of hydrogen-bond acceptors (Lipinski definition) is 4. The summed E-state index contributed by atoms with van der Waals surface area (Å²) in [5.74, 6) is 0. The van der Waals surface area contributed by atoms with E-state index in [0.717, 1.165) is 0 Å². The van der Waals surface area contributed by atoms with Crippen LogP contribution in [0.15, 0.2) is 41.1 Å². The Hall–Kier alpha value is -2.74. The van der Waals surface area contributed by atoms with Crippen molar-refractivity contribution >= 4 is 17.7 Å². The number of hydrogen-bond donors (Lipinski definition) is 1. The number of benzene rings is 1. The molecule has 0 aliphatic rings. The molecule has 0 amide bonds. The van der Waals surface area contributed by atoms with Crippen molar-refractivity contribution in [1.82, 2.24) is 0 Å². The fraction of sp³-hybridized carbons (Fsp3) is 0. The minimum Gasteiger partial charge on any atom is -0.396 e. The first-order chi connectivity index (χ1) is 8.63. The Kier molecular flexibility index (Phi) is 4.52. The average Bonchev–Trinajstić information content (AvgIpc) is 2.39. The number of halogens is 1. The summed E-state index contributed by atoms with van der Waals surface area (Å²) in [6, 6.07) is 12.0. The van der Waals surface area contributed by atoms with Crippen LogP contribution in [0.3, 0.4) is 0 Å². The summed E-state index contributed by atoms with van der Waals surface area (Å²) >= 11 is 5.94. The van der Waals surface area contributed by atoms with Crippen molar-refractivity contribution < 1.29 is 0 Å². The normalized spacial score (nSPS) is 9.78. The van der Waals surface area contributed by atoms with E-state index in [9.17, 15) is 0 Å². The van der Waals surface area contributed by atoms with Gasteiger partial charge in [0.15, 0.2) is 5.57 Å². The van der Waals surface area contributed by atoms with E-state index in [1.165, 1.54) is 6.08 Å². The third-order valence-corrected chi connectivity index (χ3v) is 2.45. The lowest BCUT2D eigenvalue weighted by atomic mass is 10.1. The van der Waals surface area contributed by atoms with Crippen molar-refractivity contribution in [3.63, 3.8) is 0 Å². The fourth-order valence-corrected chi connectivity index (χ4v) is 1.39. The molecule has 86 valence electrons. The fourth-order valence-electron chi connectivity index (χ4n) is 1.20. The zero-order valence-electron chi connectivity index (χ0n) is 9.18. The van der Waals surface area contributed by atoms with Gasteiger partial charge in [-0.05, 0) is 17.7 Å². The Morgan fingerprint density at radius 1 is 1.11 bits per heavy atom. The van der Waals surface area contributed by atoms with E-state index >= 15 is 0 Å². The molecule has 1 aromatic rings. The zero-order chi connectivity index (χ0) is 13.5. The van der Waals surface area contributed by atoms with Gasteiger partial charge in [0.05, 0.1) is 11.3 Å². The molecule has 0 bridgehead atoms. The largest absolute Gasteiger partial charge is 0.396 e. The predicted molar refractivity (Wildman–Crippen MR) is 67.5 cm³/mol. The lowest BCUT2D eigenvalue weighted by Crippen LogP contribution is -2.03. The second kappa shape index (κ2) is 6.11. The highest BCUT2D eigenvalue weighted by Crippen LogP contribution is 2.20. The molecule has 0 heterocycles. The minimum atomic E-state index is -0.296. The van der Waals surface area contributed by atoms with E-state index < -0.39 is 0 Å². The van der Waals surface area contributed by atoms with Gasteiger partial charge >= 0.3 is 0 Å². The number of rotatable bonds is 2. The Labute approximate surface area is 109 Å². The Bertz CT molecular complexity index is 635. The maximum absolute atomic E-state index is 8.99. The third-order valence-electron chi connectivity index (χ3n) is 2.11. The standard InChI is InChI=1S/C13H7ClN4/c14-12-4-2-1-3-9(12)5-10(6-15)13(18)11(7-16)8-17/h1-5H,18H2. The van der Waals surface area contributed by atoms with Gasteiger partial charge in [-0.15, -0.1) is 0 Å². The first kappa shape index (κ1) is 13.3. The summed E-state index contributed by atoms with van der Waals surface area (Å²) in [7, 11) is 0. The van der Waals surface area contributed by atoms with Crippen molar-refractivity contribution in [1.29, 1.82) is 15.8 Å². The summed E-state index contributed by atoms with van der Waals surface area (Å²) < 4.78 is 0. The first-order valence-corrected chi connectivity index (χ1v) is 5.18. The highest BCUT2D eigenvalue weighted by molar-refractivity contribution is 6.32. The van der Waals surface area contributed by atoms with E-state index in [1.54, 1.807) is 36.4 Å². The van der Waals surface area contributed by atoms with Crippen LogP contribution >= 0.6 is 11.6 Å². The van der Waals surface area contributed by atoms with Crippen LogP contribution in [0.25, 0.3) is 6.08 Å². The number of nitrogens with two attached hydrogens (primary N) is 1. The third kappa shape index (κ3) is 2.89. The average molecular weight is 255 g/mol. The van der Waals surface area contributed by atoms with Gasteiger partial charge < -0.3 is 5.73 Å². The van der Waals surface area contributed by atoms with Crippen molar-refractivity contribution in [2.45, 2.75) is 0 Å². The maximum atomic E-state index is 8.99. The molecule has 0 saturated carbocycles. The van der Waals surface area contributed by atoms with Crippen LogP contribution in [-0.2, 0) is 0 Å². The van der Waals surface area contributed by atoms with Gasteiger partial charge in [-0.2, -0.15) is 15.8 Å². The maximum Gasteiger partial charge on any atom is 0.153 e. The molecular weight excluding hydrogens is 248 g/mol. The lowest BCUT2D eigenvalue weighted by molar-refractivity contribution is 1.31. The number of allylic oxidation sites excluding steroid dienone is 2. The molecule has 1 rings (SSSR count). The molecule has 0 aromatic heterocycles. The minimum absolute atomic E-state index is 0.0289. The molecule has 0 atom stereocenters. The molecule has 2 N–H and O–H groups in total. The van der Waals surface area contributed by atoms with Crippen LogP contribution in [0.4, 0.5) is 0 Å². The summed E-state index contributed by atoms with van der Waals surface area (Å²) in [5, 5.41) is 26.8. The molecule has 0 radical (unpaired) electrons. The number of nitriles is 3. The van der Waals surface area contributed by atoms with Crippen LogP contribution in [0.5, 0.6) is 0 Å². The molecule has 0 unspecified atom stereocenters. The highest BCUT2D eigenvalue weighted by atomic mass is 35.5. The van der Waals surface area contributed by atoms with Crippen LogP contribution in [0, 0.1) is 34.0 Å². The second-order valence-electron chi connectivity index (χ2n) is 3.20. The summed E-state index contributed by atoms with van der Waals surface area (Å²) in [6.07, 6.45) is 1.44. The molecule has 0 saturated heterocycles. The molecule has 5 heteroatoms. The predicted octanol–water partition coefficient (Wildman–Crippen LogP) is 2.51. The second-order valence-corrected chi connectivity index (χ2v) is 3.61. The number of nitrogens with zero attached hydrogens (tertiary/aromatic N) is 3. The van der Waals surface area contributed by atoms with E-state index in [2.05, 4.69) is 0 Å². The van der Waals surface area contributed by atoms with Crippen LogP contribution in [-0.4, -0.2) is 0 Å². The molecule has 0 aliphatic heterocycles. The van der Waals surface area contributed by atoms with Crippen molar-refractivity contribution in [3.05, 3.63) is 51.7 Å². The molecule has 0 fully saturated rings. The van der Waals surface area contributed by atoms with Crippen molar-refractivity contribution in [2.24, 2.45) is 5.73 Å². The van der Waals surface area contributed by atoms with E-state index in [-0.39, 0.29) is 16.8 Å². The van der Waals surface area contributed by atoms with Crippen molar-refractivity contribution in [2.75, 3.05) is 0 Å². The molecular formula is C13H7ClN4. The highest BCUT2D eigenvalue weighted by Gasteiger charge is 2.08. The van der Waals surface area contributed by atoms with E-state index in [4.69, 9.17) is 33.1 Å². The Morgan fingerprint density at radius 2 is 1.72 bits per heavy atom. The van der Waals surface area contributed by atoms with Gasteiger partial charge in [-0.1, -0.05) is 29.8 Å². The molecule has 4 nitrogen and oxygen atoms in total. The smallest absolute Gasteiger partial charge is 0.153 e.